The van der Waals surface area contributed by atoms with Gasteiger partial charge in [-0.1, -0.05) is 49.0 Å². The molecule has 0 amide bonds. The third-order valence-electron chi connectivity index (χ3n) is 3.63. The Morgan fingerprint density at radius 2 is 2.19 bits per heavy atom. The maximum atomic E-state index is 9.87. The summed E-state index contributed by atoms with van der Waals surface area (Å²) in [5, 5.41) is 11.0. The van der Waals surface area contributed by atoms with Gasteiger partial charge in [-0.05, 0) is 24.1 Å². The molecule has 1 atom stereocenters. The number of unbranched alkanes of at least 4 members (excludes halogenated alkanes) is 1. The zero-order valence-corrected chi connectivity index (χ0v) is 13.4. The minimum atomic E-state index is -0.668. The highest BCUT2D eigenvalue weighted by atomic mass is 35.5. The van der Waals surface area contributed by atoms with E-state index in [9.17, 15) is 5.26 Å². The third-order valence-corrected chi connectivity index (χ3v) is 4.18. The second-order valence-corrected chi connectivity index (χ2v) is 6.00. The molecule has 1 aromatic heterocycles. The number of halogens is 2. The molecular formula is C16H17Cl2N3. The molecule has 0 radical (unpaired) electrons. The van der Waals surface area contributed by atoms with Crippen molar-refractivity contribution in [3.8, 4) is 6.07 Å². The molecule has 0 bridgehead atoms. The summed E-state index contributed by atoms with van der Waals surface area (Å²) in [4.78, 5) is 4.05. The molecule has 110 valence electrons. The fourth-order valence-corrected chi connectivity index (χ4v) is 3.09. The van der Waals surface area contributed by atoms with E-state index in [1.165, 1.54) is 0 Å². The molecule has 0 saturated carbocycles. The number of rotatable bonds is 6. The summed E-state index contributed by atoms with van der Waals surface area (Å²) >= 11 is 12.3. The van der Waals surface area contributed by atoms with Crippen molar-refractivity contribution in [1.29, 1.82) is 5.26 Å². The molecule has 21 heavy (non-hydrogen) atoms. The summed E-state index contributed by atoms with van der Waals surface area (Å²) in [6.45, 7) is 2.65. The van der Waals surface area contributed by atoms with Crippen molar-refractivity contribution >= 4 is 23.2 Å². The number of benzene rings is 1. The fraction of sp³-hybridized carbons (Fsp3) is 0.375. The summed E-state index contributed by atoms with van der Waals surface area (Å²) < 4.78 is 1.92. The summed E-state index contributed by atoms with van der Waals surface area (Å²) in [5.74, 6) is 0. The molecule has 0 aliphatic rings. The van der Waals surface area contributed by atoms with Gasteiger partial charge in [-0.3, -0.25) is 0 Å². The smallest absolute Gasteiger partial charge is 0.101 e. The van der Waals surface area contributed by atoms with Crippen LogP contribution in [0.25, 0.3) is 0 Å². The van der Waals surface area contributed by atoms with Gasteiger partial charge in [0.15, 0.2) is 0 Å². The quantitative estimate of drug-likeness (QED) is 0.763. The first kappa shape index (κ1) is 15.9. The second-order valence-electron chi connectivity index (χ2n) is 5.16. The average Bonchev–Trinajstić information content (AvgIpc) is 2.96. The van der Waals surface area contributed by atoms with Crippen LogP contribution >= 0.6 is 23.2 Å². The number of hydrogen-bond acceptors (Lipinski definition) is 2. The van der Waals surface area contributed by atoms with Crippen LogP contribution in [0, 0.1) is 11.3 Å². The lowest BCUT2D eigenvalue weighted by Gasteiger charge is -2.28. The minimum Gasteiger partial charge on any atom is -0.336 e. The Labute approximate surface area is 135 Å². The van der Waals surface area contributed by atoms with Gasteiger partial charge in [-0.25, -0.2) is 4.98 Å². The topological polar surface area (TPSA) is 41.6 Å². The Morgan fingerprint density at radius 3 is 2.76 bits per heavy atom. The van der Waals surface area contributed by atoms with E-state index in [1.807, 2.05) is 16.8 Å². The first-order valence-electron chi connectivity index (χ1n) is 6.94. The minimum absolute atomic E-state index is 0.533. The first-order valence-corrected chi connectivity index (χ1v) is 7.69. The van der Waals surface area contributed by atoms with Crippen molar-refractivity contribution < 1.29 is 0 Å². The van der Waals surface area contributed by atoms with Gasteiger partial charge in [0.1, 0.15) is 5.41 Å². The van der Waals surface area contributed by atoms with E-state index < -0.39 is 5.41 Å². The van der Waals surface area contributed by atoms with Crippen molar-refractivity contribution in [1.82, 2.24) is 9.55 Å². The molecule has 0 aliphatic heterocycles. The number of nitriles is 1. The summed E-state index contributed by atoms with van der Waals surface area (Å²) in [6, 6.07) is 7.84. The molecule has 1 heterocycles. The van der Waals surface area contributed by atoms with Crippen molar-refractivity contribution in [2.24, 2.45) is 0 Å². The molecule has 0 saturated heterocycles. The maximum Gasteiger partial charge on any atom is 0.101 e. The molecule has 0 aliphatic carbocycles. The van der Waals surface area contributed by atoms with Gasteiger partial charge < -0.3 is 4.57 Å². The van der Waals surface area contributed by atoms with Crippen LogP contribution in [0.3, 0.4) is 0 Å². The van der Waals surface area contributed by atoms with Crippen LogP contribution in [-0.2, 0) is 12.0 Å². The molecule has 0 spiro atoms. The van der Waals surface area contributed by atoms with Gasteiger partial charge >= 0.3 is 0 Å². The van der Waals surface area contributed by atoms with E-state index in [4.69, 9.17) is 23.2 Å². The van der Waals surface area contributed by atoms with E-state index in [2.05, 4.69) is 18.0 Å². The molecule has 3 nitrogen and oxygen atoms in total. The van der Waals surface area contributed by atoms with Crippen LogP contribution in [0.2, 0.25) is 10.0 Å². The summed E-state index contributed by atoms with van der Waals surface area (Å²) in [6.07, 6.45) is 8.04. The number of hydrogen-bond donors (Lipinski definition) is 0. The molecular weight excluding hydrogens is 305 g/mol. The highest BCUT2D eigenvalue weighted by molar-refractivity contribution is 6.35. The molecule has 2 rings (SSSR count). The number of aromatic nitrogens is 2. The molecule has 1 aromatic carbocycles. The van der Waals surface area contributed by atoms with E-state index >= 15 is 0 Å². The standard InChI is InChI=1S/C16H17Cl2N3/c1-2-3-6-16(10-19,11-21-8-7-20-12-21)14-5-4-13(17)9-15(14)18/h4-5,7-9,12H,2-3,6,11H2,1H3. The van der Waals surface area contributed by atoms with Crippen LogP contribution in [0.4, 0.5) is 0 Å². The molecule has 0 N–H and O–H groups in total. The monoisotopic (exact) mass is 321 g/mol. The fourth-order valence-electron chi connectivity index (χ4n) is 2.50. The lowest BCUT2D eigenvalue weighted by Crippen LogP contribution is -2.30. The van der Waals surface area contributed by atoms with Crippen LogP contribution in [0.1, 0.15) is 31.7 Å². The Morgan fingerprint density at radius 1 is 1.38 bits per heavy atom. The third kappa shape index (κ3) is 3.58. The van der Waals surface area contributed by atoms with Crippen LogP contribution in [0.15, 0.2) is 36.9 Å². The van der Waals surface area contributed by atoms with Gasteiger partial charge in [-0.15, -0.1) is 0 Å². The van der Waals surface area contributed by atoms with E-state index in [0.29, 0.717) is 16.6 Å². The van der Waals surface area contributed by atoms with Gasteiger partial charge in [0.25, 0.3) is 0 Å². The Bertz CT molecular complexity index is 631. The zero-order chi connectivity index (χ0) is 15.3. The van der Waals surface area contributed by atoms with Gasteiger partial charge in [0.2, 0.25) is 0 Å². The summed E-state index contributed by atoms with van der Waals surface area (Å²) in [7, 11) is 0. The Kier molecular flexibility index (Phi) is 5.27. The van der Waals surface area contributed by atoms with Gasteiger partial charge in [0.05, 0.1) is 12.4 Å². The maximum absolute atomic E-state index is 9.87. The van der Waals surface area contributed by atoms with Gasteiger partial charge in [0, 0.05) is 29.0 Å². The zero-order valence-electron chi connectivity index (χ0n) is 11.9. The predicted octanol–water partition coefficient (Wildman–Crippen LogP) is 4.84. The van der Waals surface area contributed by atoms with Crippen LogP contribution < -0.4 is 0 Å². The van der Waals surface area contributed by atoms with E-state index in [1.54, 1.807) is 24.7 Å². The van der Waals surface area contributed by atoms with Crippen molar-refractivity contribution in [3.05, 3.63) is 52.5 Å². The molecule has 5 heteroatoms. The molecule has 2 aromatic rings. The largest absolute Gasteiger partial charge is 0.336 e. The van der Waals surface area contributed by atoms with E-state index in [-0.39, 0.29) is 0 Å². The Balaban J connectivity index is 2.45. The number of nitrogens with zero attached hydrogens (tertiary/aromatic N) is 3. The van der Waals surface area contributed by atoms with Gasteiger partial charge in [-0.2, -0.15) is 5.26 Å². The van der Waals surface area contributed by atoms with Crippen molar-refractivity contribution in [2.45, 2.75) is 38.1 Å². The predicted molar refractivity (Wildman–Crippen MR) is 85.5 cm³/mol. The molecule has 1 unspecified atom stereocenters. The molecule has 0 fully saturated rings. The lowest BCUT2D eigenvalue weighted by molar-refractivity contribution is 0.412. The normalized spacial score (nSPS) is 13.6. The number of imidazole rings is 1. The van der Waals surface area contributed by atoms with Crippen LogP contribution in [0.5, 0.6) is 0 Å². The van der Waals surface area contributed by atoms with Crippen LogP contribution in [-0.4, -0.2) is 9.55 Å². The highest BCUT2D eigenvalue weighted by Gasteiger charge is 2.34. The SMILES string of the molecule is CCCCC(C#N)(Cn1ccnc1)c1ccc(Cl)cc1Cl. The summed E-state index contributed by atoms with van der Waals surface area (Å²) in [5.41, 5.74) is 0.163. The average molecular weight is 322 g/mol. The van der Waals surface area contributed by atoms with E-state index in [0.717, 1.165) is 24.8 Å². The first-order chi connectivity index (χ1) is 10.1. The highest BCUT2D eigenvalue weighted by Crippen LogP contribution is 2.37. The van der Waals surface area contributed by atoms with Crippen molar-refractivity contribution in [3.63, 3.8) is 0 Å². The van der Waals surface area contributed by atoms with Crippen molar-refractivity contribution in [2.75, 3.05) is 0 Å². The second kappa shape index (κ2) is 6.98. The Hall–Kier alpha value is -1.50. The lowest BCUT2D eigenvalue weighted by atomic mass is 9.77.